The third kappa shape index (κ3) is 2.94. The number of aryl methyl sites for hydroxylation is 1. The average molecular weight is 284 g/mol. The third-order valence-corrected chi connectivity index (χ3v) is 3.49. The number of rotatable bonds is 3. The summed E-state index contributed by atoms with van der Waals surface area (Å²) in [6.45, 7) is 2.00. The minimum Gasteiger partial charge on any atom is -0.389 e. The maximum absolute atomic E-state index is 6.13. The van der Waals surface area contributed by atoms with Crippen molar-refractivity contribution in [2.75, 3.05) is 5.32 Å². The van der Waals surface area contributed by atoms with Gasteiger partial charge in [0.25, 0.3) is 0 Å². The van der Waals surface area contributed by atoms with E-state index in [9.17, 15) is 0 Å². The molecule has 0 aliphatic carbocycles. The molecule has 0 atom stereocenters. The molecule has 0 aliphatic heterocycles. The Hall–Kier alpha value is -1.17. The van der Waals surface area contributed by atoms with E-state index in [1.54, 1.807) is 17.4 Å². The summed E-state index contributed by atoms with van der Waals surface area (Å²) in [5.41, 5.74) is 7.08. The molecule has 1 aromatic carbocycles. The van der Waals surface area contributed by atoms with Gasteiger partial charge in [-0.15, -0.1) is 11.3 Å². The van der Waals surface area contributed by atoms with Crippen molar-refractivity contribution < 1.29 is 0 Å². The van der Waals surface area contributed by atoms with Crippen molar-refractivity contribution in [3.05, 3.63) is 39.9 Å². The lowest BCUT2D eigenvalue weighted by atomic mass is 10.2. The summed E-state index contributed by atoms with van der Waals surface area (Å²) in [5.74, 6) is 0. The molecule has 2 rings (SSSR count). The molecule has 0 unspecified atom stereocenters. The second kappa shape index (κ2) is 5.00. The Balaban J connectivity index is 2.25. The first-order valence-corrected chi connectivity index (χ1v) is 6.45. The first kappa shape index (κ1) is 12.3. The topological polar surface area (TPSA) is 50.9 Å². The van der Waals surface area contributed by atoms with Gasteiger partial charge in [-0.1, -0.05) is 23.8 Å². The van der Waals surface area contributed by atoms with E-state index in [0.29, 0.717) is 10.0 Å². The minimum atomic E-state index is 0.337. The second-order valence-corrected chi connectivity index (χ2v) is 5.54. The molecule has 0 saturated heterocycles. The molecule has 0 amide bonds. The van der Waals surface area contributed by atoms with Crippen molar-refractivity contribution in [2.24, 2.45) is 5.73 Å². The van der Waals surface area contributed by atoms with Crippen LogP contribution >= 0.6 is 35.2 Å². The summed E-state index contributed by atoms with van der Waals surface area (Å²) < 4.78 is 0. The summed E-state index contributed by atoms with van der Waals surface area (Å²) in [6.07, 6.45) is 1.81. The smallest absolute Gasteiger partial charge is 0.187 e. The molecule has 0 radical (unpaired) electrons. The van der Waals surface area contributed by atoms with E-state index >= 15 is 0 Å². The lowest BCUT2D eigenvalue weighted by Crippen LogP contribution is -2.09. The van der Waals surface area contributed by atoms with Crippen LogP contribution in [-0.2, 0) is 0 Å². The van der Waals surface area contributed by atoms with Crippen LogP contribution in [0.4, 0.5) is 10.8 Å². The number of benzene rings is 1. The van der Waals surface area contributed by atoms with Crippen molar-refractivity contribution in [1.82, 2.24) is 4.98 Å². The molecule has 0 saturated carbocycles. The SMILES string of the molecule is Cc1cnc(Nc2ccc(C(N)=S)cc2Cl)s1. The minimum absolute atomic E-state index is 0.337. The van der Waals surface area contributed by atoms with Crippen LogP contribution in [0.2, 0.25) is 5.02 Å². The highest BCUT2D eigenvalue weighted by atomic mass is 35.5. The molecule has 0 spiro atoms. The normalized spacial score (nSPS) is 10.2. The van der Waals surface area contributed by atoms with Crippen LogP contribution in [0.5, 0.6) is 0 Å². The Labute approximate surface area is 114 Å². The quantitative estimate of drug-likeness (QED) is 0.847. The van der Waals surface area contributed by atoms with Gasteiger partial charge >= 0.3 is 0 Å². The summed E-state index contributed by atoms with van der Waals surface area (Å²) in [5, 5.41) is 4.54. The predicted molar refractivity (Wildman–Crippen MR) is 77.5 cm³/mol. The molecule has 3 N–H and O–H groups in total. The molecule has 88 valence electrons. The van der Waals surface area contributed by atoms with E-state index in [1.807, 2.05) is 25.3 Å². The van der Waals surface area contributed by atoms with E-state index in [-0.39, 0.29) is 0 Å². The van der Waals surface area contributed by atoms with E-state index in [0.717, 1.165) is 21.3 Å². The fourth-order valence-electron chi connectivity index (χ4n) is 1.30. The highest BCUT2D eigenvalue weighted by Gasteiger charge is 2.05. The van der Waals surface area contributed by atoms with Crippen LogP contribution in [0.3, 0.4) is 0 Å². The number of hydrogen-bond donors (Lipinski definition) is 2. The number of nitrogens with zero attached hydrogens (tertiary/aromatic N) is 1. The third-order valence-electron chi connectivity index (χ3n) is 2.12. The number of thiocarbonyl (C=S) groups is 1. The van der Waals surface area contributed by atoms with Crippen molar-refractivity contribution >= 4 is 51.0 Å². The molecule has 17 heavy (non-hydrogen) atoms. The van der Waals surface area contributed by atoms with Crippen LogP contribution in [-0.4, -0.2) is 9.97 Å². The van der Waals surface area contributed by atoms with Crippen molar-refractivity contribution in [2.45, 2.75) is 6.92 Å². The van der Waals surface area contributed by atoms with E-state index in [2.05, 4.69) is 10.3 Å². The summed E-state index contributed by atoms with van der Waals surface area (Å²) >= 11 is 12.6. The fourth-order valence-corrected chi connectivity index (χ4v) is 2.33. The molecule has 0 aliphatic rings. The standard InChI is InChI=1S/C11H10ClN3S2/c1-6-5-14-11(17-6)15-9-3-2-7(10(13)16)4-8(9)12/h2-5H,1H3,(H2,13,16)(H,14,15). The summed E-state index contributed by atoms with van der Waals surface area (Å²) in [7, 11) is 0. The monoisotopic (exact) mass is 283 g/mol. The summed E-state index contributed by atoms with van der Waals surface area (Å²) in [4.78, 5) is 5.69. The molecular formula is C11H10ClN3S2. The lowest BCUT2D eigenvalue weighted by molar-refractivity contribution is 1.36. The first-order chi connectivity index (χ1) is 8.06. The van der Waals surface area contributed by atoms with Gasteiger partial charge in [0, 0.05) is 16.6 Å². The molecular weight excluding hydrogens is 274 g/mol. The van der Waals surface area contributed by atoms with E-state index < -0.39 is 0 Å². The zero-order valence-electron chi connectivity index (χ0n) is 9.03. The first-order valence-electron chi connectivity index (χ1n) is 4.85. The van der Waals surface area contributed by atoms with Crippen molar-refractivity contribution in [3.8, 4) is 0 Å². The molecule has 2 aromatic rings. The number of nitrogens with one attached hydrogen (secondary N) is 1. The molecule has 1 heterocycles. The number of halogens is 1. The van der Waals surface area contributed by atoms with E-state index in [4.69, 9.17) is 29.6 Å². The summed E-state index contributed by atoms with van der Waals surface area (Å²) in [6, 6.07) is 5.41. The average Bonchev–Trinajstić information content (AvgIpc) is 2.67. The van der Waals surface area contributed by atoms with E-state index in [1.165, 1.54) is 0 Å². The Morgan fingerprint density at radius 2 is 2.29 bits per heavy atom. The highest BCUT2D eigenvalue weighted by Crippen LogP contribution is 2.28. The zero-order valence-corrected chi connectivity index (χ0v) is 11.4. The van der Waals surface area contributed by atoms with Gasteiger partial charge in [0.15, 0.2) is 5.13 Å². The van der Waals surface area contributed by atoms with Gasteiger partial charge in [-0.3, -0.25) is 0 Å². The Morgan fingerprint density at radius 3 is 2.82 bits per heavy atom. The Kier molecular flexibility index (Phi) is 3.61. The number of hydrogen-bond acceptors (Lipinski definition) is 4. The largest absolute Gasteiger partial charge is 0.389 e. The van der Waals surface area contributed by atoms with Gasteiger partial charge in [-0.2, -0.15) is 0 Å². The molecule has 0 bridgehead atoms. The molecule has 3 nitrogen and oxygen atoms in total. The zero-order chi connectivity index (χ0) is 12.4. The number of nitrogens with two attached hydrogens (primary N) is 1. The van der Waals surface area contributed by atoms with Gasteiger partial charge in [0.1, 0.15) is 4.99 Å². The maximum Gasteiger partial charge on any atom is 0.187 e. The van der Waals surface area contributed by atoms with Gasteiger partial charge in [0.05, 0.1) is 10.7 Å². The van der Waals surface area contributed by atoms with Crippen molar-refractivity contribution in [1.29, 1.82) is 0 Å². The number of thiazole rings is 1. The van der Waals surface area contributed by atoms with Crippen molar-refractivity contribution in [3.63, 3.8) is 0 Å². The number of aromatic nitrogens is 1. The fraction of sp³-hybridized carbons (Fsp3) is 0.0909. The van der Waals surface area contributed by atoms with Crippen LogP contribution < -0.4 is 11.1 Å². The molecule has 1 aromatic heterocycles. The van der Waals surface area contributed by atoms with Crippen LogP contribution in [0.1, 0.15) is 10.4 Å². The Morgan fingerprint density at radius 1 is 1.53 bits per heavy atom. The van der Waals surface area contributed by atoms with Gasteiger partial charge in [0.2, 0.25) is 0 Å². The van der Waals surface area contributed by atoms with Crippen LogP contribution in [0.15, 0.2) is 24.4 Å². The van der Waals surface area contributed by atoms with Gasteiger partial charge < -0.3 is 11.1 Å². The van der Waals surface area contributed by atoms with Gasteiger partial charge in [-0.25, -0.2) is 4.98 Å². The van der Waals surface area contributed by atoms with Gasteiger partial charge in [-0.05, 0) is 25.1 Å². The van der Waals surface area contributed by atoms with Crippen LogP contribution in [0.25, 0.3) is 0 Å². The highest BCUT2D eigenvalue weighted by molar-refractivity contribution is 7.80. The molecule has 0 fully saturated rings. The van der Waals surface area contributed by atoms with Crippen LogP contribution in [0, 0.1) is 6.92 Å². The predicted octanol–water partition coefficient (Wildman–Crippen LogP) is 3.48. The maximum atomic E-state index is 6.13. The lowest BCUT2D eigenvalue weighted by Gasteiger charge is -2.06. The number of anilines is 2. The second-order valence-electron chi connectivity index (χ2n) is 3.46. The molecule has 6 heteroatoms. The Bertz CT molecular complexity index is 566.